The summed E-state index contributed by atoms with van der Waals surface area (Å²) in [6, 6.07) is 1.79. The largest absolute Gasteiger partial charge is 0.306 e. The summed E-state index contributed by atoms with van der Waals surface area (Å²) in [5.41, 5.74) is 4.32. The van der Waals surface area contributed by atoms with Gasteiger partial charge in [-0.2, -0.15) is 0 Å². The van der Waals surface area contributed by atoms with Crippen molar-refractivity contribution in [1.29, 1.82) is 0 Å². The molecule has 0 saturated carbocycles. The summed E-state index contributed by atoms with van der Waals surface area (Å²) in [4.78, 5) is 13.0. The Morgan fingerprint density at radius 1 is 1.33 bits per heavy atom. The molecule has 0 unspecified atom stereocenters. The van der Waals surface area contributed by atoms with Crippen LogP contribution in [0.4, 0.5) is 0 Å². The van der Waals surface area contributed by atoms with Crippen molar-refractivity contribution < 1.29 is 0 Å². The molecule has 4 nitrogen and oxygen atoms in total. The van der Waals surface area contributed by atoms with Crippen LogP contribution in [0.5, 0.6) is 0 Å². The van der Waals surface area contributed by atoms with Crippen molar-refractivity contribution in [3.63, 3.8) is 0 Å². The molecule has 3 aromatic heterocycles. The molecule has 3 heterocycles. The maximum atomic E-state index is 5.92. The first-order chi connectivity index (χ1) is 8.78. The van der Waals surface area contributed by atoms with Gasteiger partial charge in [0.05, 0.1) is 28.7 Å². The molecular formula is C11H8Cl2N4S. The molecule has 0 amide bonds. The van der Waals surface area contributed by atoms with Crippen LogP contribution < -0.4 is 0 Å². The Hall–Kier alpha value is -1.17. The van der Waals surface area contributed by atoms with Crippen LogP contribution in [0.15, 0.2) is 23.2 Å². The third kappa shape index (κ3) is 2.09. The van der Waals surface area contributed by atoms with Crippen LogP contribution in [-0.4, -0.2) is 19.5 Å². The van der Waals surface area contributed by atoms with Gasteiger partial charge in [-0.05, 0) is 6.07 Å². The van der Waals surface area contributed by atoms with E-state index in [0.29, 0.717) is 17.4 Å². The van der Waals surface area contributed by atoms with E-state index in [1.807, 2.05) is 9.95 Å². The highest BCUT2D eigenvalue weighted by atomic mass is 35.5. The minimum atomic E-state index is 0.331. The fourth-order valence-corrected chi connectivity index (χ4v) is 2.68. The molecule has 92 valence electrons. The number of aromatic nitrogens is 4. The lowest BCUT2D eigenvalue weighted by Crippen LogP contribution is -2.04. The molecule has 18 heavy (non-hydrogen) atoms. The first-order valence-electron chi connectivity index (χ1n) is 5.21. The average molecular weight is 299 g/mol. The molecule has 0 saturated heterocycles. The van der Waals surface area contributed by atoms with E-state index in [-0.39, 0.29) is 0 Å². The van der Waals surface area contributed by atoms with E-state index >= 15 is 0 Å². The molecule has 7 heteroatoms. The van der Waals surface area contributed by atoms with E-state index in [2.05, 4.69) is 15.0 Å². The number of pyridine rings is 1. The van der Waals surface area contributed by atoms with Crippen molar-refractivity contribution in [2.75, 3.05) is 0 Å². The molecular weight excluding hydrogens is 291 g/mol. The normalized spacial score (nSPS) is 11.2. The lowest BCUT2D eigenvalue weighted by atomic mass is 10.4. The minimum absolute atomic E-state index is 0.331. The molecule has 0 radical (unpaired) electrons. The topological polar surface area (TPSA) is 43.6 Å². The highest BCUT2D eigenvalue weighted by Crippen LogP contribution is 2.20. The summed E-state index contributed by atoms with van der Waals surface area (Å²) in [7, 11) is 0. The molecule has 0 aromatic carbocycles. The molecule has 0 N–H and O–H groups in total. The minimum Gasteiger partial charge on any atom is -0.306 e. The molecule has 0 bridgehead atoms. The Bertz CT molecular complexity index is 678. The molecule has 0 atom stereocenters. The molecule has 0 aliphatic heterocycles. The van der Waals surface area contributed by atoms with Crippen LogP contribution in [0.2, 0.25) is 5.02 Å². The van der Waals surface area contributed by atoms with Crippen LogP contribution in [-0.2, 0) is 12.4 Å². The van der Waals surface area contributed by atoms with Crippen LogP contribution >= 0.6 is 34.5 Å². The fraction of sp³-hybridized carbons (Fsp3) is 0.182. The van der Waals surface area contributed by atoms with E-state index in [9.17, 15) is 0 Å². The van der Waals surface area contributed by atoms with E-state index in [4.69, 9.17) is 23.2 Å². The van der Waals surface area contributed by atoms with Crippen molar-refractivity contribution in [3.8, 4) is 0 Å². The van der Waals surface area contributed by atoms with Gasteiger partial charge < -0.3 is 4.57 Å². The van der Waals surface area contributed by atoms with Crippen molar-refractivity contribution in [2.45, 2.75) is 12.4 Å². The van der Waals surface area contributed by atoms with Gasteiger partial charge in [-0.25, -0.2) is 15.0 Å². The van der Waals surface area contributed by atoms with Crippen LogP contribution in [0.3, 0.4) is 0 Å². The zero-order chi connectivity index (χ0) is 12.5. The Balaban J connectivity index is 2.13. The summed E-state index contributed by atoms with van der Waals surface area (Å²) in [6.07, 6.45) is 1.61. The summed E-state index contributed by atoms with van der Waals surface area (Å²) < 4.78 is 1.97. The van der Waals surface area contributed by atoms with Gasteiger partial charge in [0.2, 0.25) is 0 Å². The number of alkyl halides is 1. The van der Waals surface area contributed by atoms with Gasteiger partial charge in [-0.15, -0.1) is 22.9 Å². The number of imidazole rings is 1. The molecule has 0 aliphatic carbocycles. The number of hydrogen-bond donors (Lipinski definition) is 0. The zero-order valence-corrected chi connectivity index (χ0v) is 11.5. The molecule has 0 spiro atoms. The van der Waals surface area contributed by atoms with Crippen LogP contribution in [0.25, 0.3) is 11.2 Å². The van der Waals surface area contributed by atoms with Crippen molar-refractivity contribution in [3.05, 3.63) is 39.7 Å². The van der Waals surface area contributed by atoms with Gasteiger partial charge in [0.1, 0.15) is 11.3 Å². The smallest absolute Gasteiger partial charge is 0.160 e. The Morgan fingerprint density at radius 3 is 2.94 bits per heavy atom. The summed E-state index contributed by atoms with van der Waals surface area (Å²) in [5.74, 6) is 1.10. The van der Waals surface area contributed by atoms with E-state index < -0.39 is 0 Å². The highest BCUT2D eigenvalue weighted by molar-refractivity contribution is 7.07. The fourth-order valence-electron chi connectivity index (χ4n) is 1.78. The second-order valence-corrected chi connectivity index (χ2v) is 5.15. The second kappa shape index (κ2) is 4.84. The maximum absolute atomic E-state index is 5.92. The predicted octanol–water partition coefficient (Wildman–Crippen LogP) is 3.33. The molecule has 3 aromatic rings. The van der Waals surface area contributed by atoms with Crippen LogP contribution in [0.1, 0.15) is 11.5 Å². The van der Waals surface area contributed by atoms with Gasteiger partial charge in [-0.3, -0.25) is 0 Å². The van der Waals surface area contributed by atoms with Crippen LogP contribution in [0, 0.1) is 0 Å². The van der Waals surface area contributed by atoms with Gasteiger partial charge in [0.15, 0.2) is 5.65 Å². The predicted molar refractivity (Wildman–Crippen MR) is 73.3 cm³/mol. The quantitative estimate of drug-likeness (QED) is 0.697. The molecule has 0 fully saturated rings. The Labute approximate surface area is 117 Å². The lowest BCUT2D eigenvalue weighted by Gasteiger charge is -2.04. The summed E-state index contributed by atoms with van der Waals surface area (Å²) in [6.45, 7) is 0.622. The van der Waals surface area contributed by atoms with E-state index in [1.165, 1.54) is 0 Å². The van der Waals surface area contributed by atoms with Gasteiger partial charge in [0.25, 0.3) is 0 Å². The summed E-state index contributed by atoms with van der Waals surface area (Å²) in [5, 5.41) is 2.57. The first kappa shape index (κ1) is 11.9. The standard InChI is InChI=1S/C11H8Cl2N4S/c12-2-10-16-9-1-7(13)3-14-11(9)17(10)4-8-5-18-6-15-8/h1,3,5-6H,2,4H2. The molecule has 0 aliphatic rings. The van der Waals surface area contributed by atoms with Gasteiger partial charge in [0, 0.05) is 11.6 Å². The van der Waals surface area contributed by atoms with Crippen molar-refractivity contribution >= 4 is 45.7 Å². The monoisotopic (exact) mass is 298 g/mol. The Kier molecular flexibility index (Phi) is 3.20. The molecule has 3 rings (SSSR count). The SMILES string of the molecule is ClCc1nc2cc(Cl)cnc2n1Cc1cscn1. The zero-order valence-electron chi connectivity index (χ0n) is 9.18. The summed E-state index contributed by atoms with van der Waals surface area (Å²) >= 11 is 13.4. The lowest BCUT2D eigenvalue weighted by molar-refractivity contribution is 0.755. The maximum Gasteiger partial charge on any atom is 0.160 e. The number of rotatable bonds is 3. The Morgan fingerprint density at radius 2 is 2.22 bits per heavy atom. The average Bonchev–Trinajstić information content (AvgIpc) is 2.97. The van der Waals surface area contributed by atoms with E-state index in [1.54, 1.807) is 29.1 Å². The second-order valence-electron chi connectivity index (χ2n) is 3.72. The number of nitrogens with zero attached hydrogens (tertiary/aromatic N) is 4. The third-order valence-electron chi connectivity index (χ3n) is 2.55. The highest BCUT2D eigenvalue weighted by Gasteiger charge is 2.12. The number of hydrogen-bond acceptors (Lipinski definition) is 4. The third-order valence-corrected chi connectivity index (χ3v) is 3.63. The van der Waals surface area contributed by atoms with Crippen molar-refractivity contribution in [2.24, 2.45) is 0 Å². The van der Waals surface area contributed by atoms with Crippen molar-refractivity contribution in [1.82, 2.24) is 19.5 Å². The number of halogens is 2. The van der Waals surface area contributed by atoms with Gasteiger partial charge >= 0.3 is 0 Å². The first-order valence-corrected chi connectivity index (χ1v) is 7.07. The number of fused-ring (bicyclic) bond motifs is 1. The van der Waals surface area contributed by atoms with Gasteiger partial charge in [-0.1, -0.05) is 11.6 Å². The van der Waals surface area contributed by atoms with E-state index in [0.717, 1.165) is 22.7 Å². The number of thiazole rings is 1.